The Bertz CT molecular complexity index is 476. The van der Waals surface area contributed by atoms with Gasteiger partial charge in [0.25, 0.3) is 0 Å². The van der Waals surface area contributed by atoms with Crippen LogP contribution in [-0.2, 0) is 4.79 Å². The Kier molecular flexibility index (Phi) is 4.60. The van der Waals surface area contributed by atoms with Crippen LogP contribution in [0, 0.1) is 5.82 Å². The van der Waals surface area contributed by atoms with E-state index in [2.05, 4.69) is 5.32 Å². The normalized spacial score (nSPS) is 17.5. The molecule has 1 atom stereocenters. The van der Waals surface area contributed by atoms with Gasteiger partial charge in [0, 0.05) is 12.1 Å². The molecule has 1 aromatic carbocycles. The fourth-order valence-corrected chi connectivity index (χ4v) is 2.09. The van der Waals surface area contributed by atoms with Crippen LogP contribution in [0.25, 0.3) is 0 Å². The van der Waals surface area contributed by atoms with E-state index in [9.17, 15) is 14.3 Å². The molecule has 0 bridgehead atoms. The smallest absolute Gasteiger partial charge is 0.323 e. The average molecular weight is 281 g/mol. The second kappa shape index (κ2) is 6.22. The number of carboxylic acids is 1. The summed E-state index contributed by atoms with van der Waals surface area (Å²) >= 11 is 0. The molecule has 2 rings (SSSR count). The topological polar surface area (TPSA) is 58.6 Å². The first-order valence-electron chi connectivity index (χ1n) is 6.89. The molecule has 0 aliphatic heterocycles. The molecule has 4 nitrogen and oxygen atoms in total. The number of aliphatic carboxylic acids is 1. The summed E-state index contributed by atoms with van der Waals surface area (Å²) in [7, 11) is 0. The highest BCUT2D eigenvalue weighted by molar-refractivity contribution is 5.78. The second-order valence-electron chi connectivity index (χ2n) is 5.47. The molecule has 1 aromatic rings. The minimum Gasteiger partial charge on any atom is -0.493 e. The number of benzene rings is 1. The van der Waals surface area contributed by atoms with Crippen molar-refractivity contribution in [3.63, 3.8) is 0 Å². The summed E-state index contributed by atoms with van der Waals surface area (Å²) in [4.78, 5) is 11.3. The number of rotatable bonds is 8. The van der Waals surface area contributed by atoms with Crippen LogP contribution in [0.5, 0.6) is 5.75 Å². The summed E-state index contributed by atoms with van der Waals surface area (Å²) in [6, 6.07) is 6.27. The van der Waals surface area contributed by atoms with E-state index in [0.29, 0.717) is 31.2 Å². The molecule has 0 saturated heterocycles. The fourth-order valence-electron chi connectivity index (χ4n) is 2.09. The zero-order valence-electron chi connectivity index (χ0n) is 11.6. The van der Waals surface area contributed by atoms with Crippen molar-refractivity contribution < 1.29 is 19.0 Å². The van der Waals surface area contributed by atoms with Gasteiger partial charge in [0.1, 0.15) is 17.1 Å². The Morgan fingerprint density at radius 1 is 1.55 bits per heavy atom. The number of hydrogen-bond donors (Lipinski definition) is 2. The Morgan fingerprint density at radius 3 is 2.90 bits per heavy atom. The lowest BCUT2D eigenvalue weighted by Gasteiger charge is -2.26. The molecule has 1 unspecified atom stereocenters. The summed E-state index contributed by atoms with van der Waals surface area (Å²) in [5, 5.41) is 12.5. The summed E-state index contributed by atoms with van der Waals surface area (Å²) in [5.74, 6) is -0.708. The molecule has 1 saturated carbocycles. The van der Waals surface area contributed by atoms with Crippen molar-refractivity contribution in [1.29, 1.82) is 0 Å². The molecule has 20 heavy (non-hydrogen) atoms. The first-order chi connectivity index (χ1) is 9.49. The van der Waals surface area contributed by atoms with E-state index in [4.69, 9.17) is 4.74 Å². The minimum atomic E-state index is -0.910. The molecule has 0 heterocycles. The van der Waals surface area contributed by atoms with Crippen LogP contribution in [-0.4, -0.2) is 29.3 Å². The number of nitrogens with one attached hydrogen (secondary N) is 1. The molecule has 0 aromatic heterocycles. The quantitative estimate of drug-likeness (QED) is 0.719. The maximum atomic E-state index is 13.0. The third kappa shape index (κ3) is 4.20. The molecule has 1 aliphatic rings. The van der Waals surface area contributed by atoms with Gasteiger partial charge in [0.2, 0.25) is 0 Å². The molecular weight excluding hydrogens is 261 g/mol. The van der Waals surface area contributed by atoms with Crippen molar-refractivity contribution >= 4 is 5.97 Å². The van der Waals surface area contributed by atoms with Gasteiger partial charge in [-0.1, -0.05) is 6.07 Å². The van der Waals surface area contributed by atoms with Crippen LogP contribution in [0.3, 0.4) is 0 Å². The largest absolute Gasteiger partial charge is 0.493 e. The van der Waals surface area contributed by atoms with Gasteiger partial charge in [-0.3, -0.25) is 10.1 Å². The summed E-state index contributed by atoms with van der Waals surface area (Å²) in [6.45, 7) is 2.08. The average Bonchev–Trinajstić information content (AvgIpc) is 3.18. The lowest BCUT2D eigenvalue weighted by Crippen LogP contribution is -2.50. The van der Waals surface area contributed by atoms with Crippen LogP contribution in [0.2, 0.25) is 0 Å². The molecule has 0 spiro atoms. The molecule has 1 fully saturated rings. The molecule has 5 heteroatoms. The molecule has 0 radical (unpaired) electrons. The van der Waals surface area contributed by atoms with E-state index < -0.39 is 11.5 Å². The summed E-state index contributed by atoms with van der Waals surface area (Å²) < 4.78 is 18.4. The lowest BCUT2D eigenvalue weighted by atomic mass is 9.96. The van der Waals surface area contributed by atoms with Crippen molar-refractivity contribution in [3.05, 3.63) is 30.1 Å². The van der Waals surface area contributed by atoms with Crippen molar-refractivity contribution in [2.45, 2.75) is 44.2 Å². The van der Waals surface area contributed by atoms with E-state index in [1.807, 2.05) is 0 Å². The predicted octanol–water partition coefficient (Wildman–Crippen LogP) is 2.58. The van der Waals surface area contributed by atoms with Gasteiger partial charge in [-0.2, -0.15) is 0 Å². The van der Waals surface area contributed by atoms with Gasteiger partial charge in [-0.05, 0) is 44.7 Å². The highest BCUT2D eigenvalue weighted by Crippen LogP contribution is 2.25. The molecule has 0 amide bonds. The van der Waals surface area contributed by atoms with Gasteiger partial charge in [0.05, 0.1) is 6.61 Å². The van der Waals surface area contributed by atoms with Crippen molar-refractivity contribution in [3.8, 4) is 5.75 Å². The van der Waals surface area contributed by atoms with Crippen LogP contribution >= 0.6 is 0 Å². The standard InChI is InChI=1S/C15H20FNO3/c1-15(14(18)19,17-12-6-7-12)8-3-9-20-13-5-2-4-11(16)10-13/h2,4-5,10,12,17H,3,6-9H2,1H3,(H,18,19). The Hall–Kier alpha value is -1.62. The number of carboxylic acid groups (broad SMARTS) is 1. The number of ether oxygens (including phenoxy) is 1. The fraction of sp³-hybridized carbons (Fsp3) is 0.533. The Morgan fingerprint density at radius 2 is 2.30 bits per heavy atom. The van der Waals surface area contributed by atoms with E-state index >= 15 is 0 Å². The Labute approximate surface area is 117 Å². The maximum absolute atomic E-state index is 13.0. The highest BCUT2D eigenvalue weighted by atomic mass is 19.1. The highest BCUT2D eigenvalue weighted by Gasteiger charge is 2.37. The monoisotopic (exact) mass is 281 g/mol. The number of halogens is 1. The molecular formula is C15H20FNO3. The SMILES string of the molecule is CC(CCCOc1cccc(F)c1)(NC1CC1)C(=O)O. The van der Waals surface area contributed by atoms with Gasteiger partial charge in [0.15, 0.2) is 0 Å². The summed E-state index contributed by atoms with van der Waals surface area (Å²) in [6.07, 6.45) is 3.17. The lowest BCUT2D eigenvalue weighted by molar-refractivity contribution is -0.144. The van der Waals surface area contributed by atoms with Crippen LogP contribution < -0.4 is 10.1 Å². The molecule has 110 valence electrons. The van der Waals surface area contributed by atoms with Crippen LogP contribution in [0.4, 0.5) is 4.39 Å². The maximum Gasteiger partial charge on any atom is 0.323 e. The van der Waals surface area contributed by atoms with E-state index in [1.54, 1.807) is 19.1 Å². The van der Waals surface area contributed by atoms with Gasteiger partial charge < -0.3 is 9.84 Å². The zero-order chi connectivity index (χ0) is 14.6. The van der Waals surface area contributed by atoms with Crippen molar-refractivity contribution in [2.24, 2.45) is 0 Å². The van der Waals surface area contributed by atoms with E-state index in [0.717, 1.165) is 12.8 Å². The van der Waals surface area contributed by atoms with Crippen LogP contribution in [0.1, 0.15) is 32.6 Å². The summed E-state index contributed by atoms with van der Waals surface area (Å²) in [5.41, 5.74) is -0.910. The van der Waals surface area contributed by atoms with E-state index in [1.165, 1.54) is 12.1 Å². The van der Waals surface area contributed by atoms with Gasteiger partial charge in [-0.25, -0.2) is 4.39 Å². The third-order valence-electron chi connectivity index (χ3n) is 3.46. The second-order valence-corrected chi connectivity index (χ2v) is 5.47. The van der Waals surface area contributed by atoms with Crippen LogP contribution in [0.15, 0.2) is 24.3 Å². The van der Waals surface area contributed by atoms with Gasteiger partial charge in [-0.15, -0.1) is 0 Å². The molecule has 1 aliphatic carbocycles. The first-order valence-corrected chi connectivity index (χ1v) is 6.89. The zero-order valence-corrected chi connectivity index (χ0v) is 11.6. The first kappa shape index (κ1) is 14.8. The van der Waals surface area contributed by atoms with Gasteiger partial charge >= 0.3 is 5.97 Å². The third-order valence-corrected chi connectivity index (χ3v) is 3.46. The van der Waals surface area contributed by atoms with E-state index in [-0.39, 0.29) is 5.82 Å². The van der Waals surface area contributed by atoms with Crippen molar-refractivity contribution in [2.75, 3.05) is 6.61 Å². The molecule has 2 N–H and O–H groups in total. The Balaban J connectivity index is 1.77. The minimum absolute atomic E-state index is 0.334. The number of carbonyl (C=O) groups is 1. The van der Waals surface area contributed by atoms with Crippen molar-refractivity contribution in [1.82, 2.24) is 5.32 Å². The number of hydrogen-bond acceptors (Lipinski definition) is 3. The predicted molar refractivity (Wildman–Crippen MR) is 73.3 cm³/mol.